The van der Waals surface area contributed by atoms with Gasteiger partial charge in [0, 0.05) is 17.9 Å². The second-order valence-electron chi connectivity index (χ2n) is 6.54. The van der Waals surface area contributed by atoms with Gasteiger partial charge in [0.1, 0.15) is 11.4 Å². The largest absolute Gasteiger partial charge is 0.293 e. The zero-order chi connectivity index (χ0) is 14.2. The van der Waals surface area contributed by atoms with Crippen LogP contribution in [0.25, 0.3) is 0 Å². The first-order valence-corrected chi connectivity index (χ1v) is 6.74. The maximum atomic E-state index is 14.4. The SMILES string of the molecule is CCC(=O)c1nn(C(C)(C)C)c2c1[C@H]1C[C@H]1C2(F)F. The van der Waals surface area contributed by atoms with Crippen molar-refractivity contribution in [1.82, 2.24) is 9.78 Å². The average molecular weight is 268 g/mol. The van der Waals surface area contributed by atoms with Crippen LogP contribution >= 0.6 is 0 Å². The van der Waals surface area contributed by atoms with E-state index in [4.69, 9.17) is 0 Å². The van der Waals surface area contributed by atoms with E-state index in [1.54, 1.807) is 6.92 Å². The number of aromatic nitrogens is 2. The van der Waals surface area contributed by atoms with E-state index in [1.165, 1.54) is 4.68 Å². The van der Waals surface area contributed by atoms with Crippen LogP contribution in [0.2, 0.25) is 0 Å². The number of carbonyl (C=O) groups is 1. The van der Waals surface area contributed by atoms with E-state index in [9.17, 15) is 13.6 Å². The second-order valence-corrected chi connectivity index (χ2v) is 6.54. The summed E-state index contributed by atoms with van der Waals surface area (Å²) in [5, 5.41) is 4.23. The van der Waals surface area contributed by atoms with Gasteiger partial charge in [-0.2, -0.15) is 13.9 Å². The molecule has 0 bridgehead atoms. The van der Waals surface area contributed by atoms with Gasteiger partial charge in [-0.1, -0.05) is 6.92 Å². The number of ketones is 1. The van der Waals surface area contributed by atoms with Crippen molar-refractivity contribution in [1.29, 1.82) is 0 Å². The van der Waals surface area contributed by atoms with Crippen molar-refractivity contribution in [3.8, 4) is 0 Å². The highest BCUT2D eigenvalue weighted by Crippen LogP contribution is 2.68. The molecule has 2 atom stereocenters. The quantitative estimate of drug-likeness (QED) is 0.770. The van der Waals surface area contributed by atoms with E-state index < -0.39 is 17.4 Å². The lowest BCUT2D eigenvalue weighted by Crippen LogP contribution is -2.30. The Bertz CT molecular complexity index is 569. The lowest BCUT2D eigenvalue weighted by atomic mass is 10.0. The van der Waals surface area contributed by atoms with Crippen molar-refractivity contribution in [3.63, 3.8) is 0 Å². The maximum absolute atomic E-state index is 14.4. The summed E-state index contributed by atoms with van der Waals surface area (Å²) < 4.78 is 30.1. The lowest BCUT2D eigenvalue weighted by Gasteiger charge is -2.25. The van der Waals surface area contributed by atoms with Crippen LogP contribution in [0.5, 0.6) is 0 Å². The van der Waals surface area contributed by atoms with Crippen LogP contribution in [0.4, 0.5) is 8.78 Å². The molecule has 2 aliphatic carbocycles. The molecule has 0 saturated heterocycles. The molecule has 0 N–H and O–H groups in total. The molecule has 1 heterocycles. The third-order valence-electron chi connectivity index (χ3n) is 4.09. The minimum atomic E-state index is -2.84. The number of hydrogen-bond donors (Lipinski definition) is 0. The molecule has 0 amide bonds. The minimum Gasteiger partial charge on any atom is -0.292 e. The molecular formula is C14H18F2N2O. The molecule has 5 heteroatoms. The van der Waals surface area contributed by atoms with Crippen molar-refractivity contribution in [2.45, 2.75) is 57.9 Å². The predicted molar refractivity (Wildman–Crippen MR) is 66.6 cm³/mol. The van der Waals surface area contributed by atoms with Crippen molar-refractivity contribution < 1.29 is 13.6 Å². The molecule has 1 aromatic rings. The van der Waals surface area contributed by atoms with Crippen LogP contribution in [0, 0.1) is 5.92 Å². The summed E-state index contributed by atoms with van der Waals surface area (Å²) in [6.07, 6.45) is 0.788. The normalized spacial score (nSPS) is 27.1. The summed E-state index contributed by atoms with van der Waals surface area (Å²) in [7, 11) is 0. The van der Waals surface area contributed by atoms with Gasteiger partial charge in [-0.05, 0) is 33.1 Å². The standard InChI is InChI=1S/C14H18F2N2O/c1-5-9(19)11-10-7-6-8(7)14(15,16)12(10)18(17-11)13(2,3)4/h7-8H,5-6H2,1-4H3/t7-,8+/m0/s1. The molecule has 3 rings (SSSR count). The van der Waals surface area contributed by atoms with Gasteiger partial charge in [0.25, 0.3) is 5.92 Å². The van der Waals surface area contributed by atoms with Crippen molar-refractivity contribution >= 4 is 5.78 Å². The first-order chi connectivity index (χ1) is 8.69. The van der Waals surface area contributed by atoms with Gasteiger partial charge in [-0.3, -0.25) is 9.48 Å². The zero-order valence-corrected chi connectivity index (χ0v) is 11.6. The number of alkyl halides is 2. The van der Waals surface area contributed by atoms with E-state index in [-0.39, 0.29) is 23.1 Å². The number of Topliss-reactive ketones (excluding diaryl/α,β-unsaturated/α-hetero) is 1. The molecule has 0 aromatic carbocycles. The predicted octanol–water partition coefficient (Wildman–Crippen LogP) is 3.44. The molecule has 0 unspecified atom stereocenters. The average Bonchev–Trinajstić information content (AvgIpc) is 2.93. The van der Waals surface area contributed by atoms with Crippen LogP contribution in [0.15, 0.2) is 0 Å². The molecule has 0 aliphatic heterocycles. The molecular weight excluding hydrogens is 250 g/mol. The van der Waals surface area contributed by atoms with Crippen molar-refractivity contribution in [2.24, 2.45) is 5.92 Å². The first-order valence-electron chi connectivity index (χ1n) is 6.74. The number of halogens is 2. The van der Waals surface area contributed by atoms with Gasteiger partial charge in [-0.25, -0.2) is 0 Å². The third kappa shape index (κ3) is 1.53. The summed E-state index contributed by atoms with van der Waals surface area (Å²) in [5.74, 6) is -3.75. The lowest BCUT2D eigenvalue weighted by molar-refractivity contribution is -0.0342. The Morgan fingerprint density at radius 3 is 2.63 bits per heavy atom. The maximum Gasteiger partial charge on any atom is 0.293 e. The highest BCUT2D eigenvalue weighted by molar-refractivity contribution is 5.96. The van der Waals surface area contributed by atoms with Gasteiger partial charge >= 0.3 is 0 Å². The number of hydrogen-bond acceptors (Lipinski definition) is 2. The van der Waals surface area contributed by atoms with E-state index in [0.29, 0.717) is 18.4 Å². The topological polar surface area (TPSA) is 34.9 Å². The summed E-state index contributed by atoms with van der Waals surface area (Å²) >= 11 is 0. The highest BCUT2D eigenvalue weighted by atomic mass is 19.3. The molecule has 104 valence electrons. The van der Waals surface area contributed by atoms with Crippen LogP contribution in [-0.2, 0) is 11.5 Å². The molecule has 1 aromatic heterocycles. The fourth-order valence-electron chi connectivity index (χ4n) is 3.05. The van der Waals surface area contributed by atoms with Gasteiger partial charge in [0.2, 0.25) is 0 Å². The van der Waals surface area contributed by atoms with E-state index >= 15 is 0 Å². The molecule has 19 heavy (non-hydrogen) atoms. The second kappa shape index (κ2) is 3.44. The fraction of sp³-hybridized carbons (Fsp3) is 0.714. The molecule has 0 spiro atoms. The van der Waals surface area contributed by atoms with Crippen LogP contribution < -0.4 is 0 Å². The monoisotopic (exact) mass is 268 g/mol. The third-order valence-corrected chi connectivity index (χ3v) is 4.09. The van der Waals surface area contributed by atoms with Crippen molar-refractivity contribution in [3.05, 3.63) is 17.0 Å². The Hall–Kier alpha value is -1.26. The van der Waals surface area contributed by atoms with Crippen LogP contribution in [-0.4, -0.2) is 15.6 Å². The van der Waals surface area contributed by atoms with Gasteiger partial charge in [0.05, 0.1) is 5.54 Å². The summed E-state index contributed by atoms with van der Waals surface area (Å²) in [4.78, 5) is 12.0. The van der Waals surface area contributed by atoms with Gasteiger partial charge in [0.15, 0.2) is 5.78 Å². The van der Waals surface area contributed by atoms with E-state index in [2.05, 4.69) is 5.10 Å². The van der Waals surface area contributed by atoms with E-state index in [1.807, 2.05) is 20.8 Å². The number of fused-ring (bicyclic) bond motifs is 3. The Kier molecular flexibility index (Phi) is 2.31. The summed E-state index contributed by atoms with van der Waals surface area (Å²) in [6.45, 7) is 7.24. The molecule has 1 fully saturated rings. The molecule has 0 radical (unpaired) electrons. The zero-order valence-electron chi connectivity index (χ0n) is 11.6. The van der Waals surface area contributed by atoms with Gasteiger partial charge in [-0.15, -0.1) is 0 Å². The summed E-state index contributed by atoms with van der Waals surface area (Å²) in [6, 6.07) is 0. The Labute approximate surface area is 111 Å². The van der Waals surface area contributed by atoms with Crippen molar-refractivity contribution in [2.75, 3.05) is 0 Å². The molecule has 1 saturated carbocycles. The smallest absolute Gasteiger partial charge is 0.292 e. The fourth-order valence-corrected chi connectivity index (χ4v) is 3.05. The number of nitrogens with zero attached hydrogens (tertiary/aromatic N) is 2. The van der Waals surface area contributed by atoms with Crippen LogP contribution in [0.3, 0.4) is 0 Å². The Balaban J connectivity index is 2.26. The number of rotatable bonds is 2. The summed E-state index contributed by atoms with van der Waals surface area (Å²) in [5.41, 5.74) is 0.239. The first kappa shape index (κ1) is 12.8. The minimum absolute atomic E-state index is 0.0157. The van der Waals surface area contributed by atoms with Crippen LogP contribution in [0.1, 0.15) is 68.2 Å². The Morgan fingerprint density at radius 1 is 1.47 bits per heavy atom. The molecule has 2 aliphatic rings. The van der Waals surface area contributed by atoms with Gasteiger partial charge < -0.3 is 0 Å². The number of carbonyl (C=O) groups excluding carboxylic acids is 1. The molecule has 3 nitrogen and oxygen atoms in total. The highest BCUT2D eigenvalue weighted by Gasteiger charge is 2.67. The Morgan fingerprint density at radius 2 is 2.11 bits per heavy atom. The van der Waals surface area contributed by atoms with E-state index in [0.717, 1.165) is 0 Å².